The zero-order valence-corrected chi connectivity index (χ0v) is 15.8. The normalized spacial score (nSPS) is 23.2. The van der Waals surface area contributed by atoms with Crippen LogP contribution in [0.25, 0.3) is 0 Å². The highest BCUT2D eigenvalue weighted by Gasteiger charge is 2.25. The molecule has 0 heterocycles. The third kappa shape index (κ3) is 4.72. The van der Waals surface area contributed by atoms with Crippen LogP contribution in [0.1, 0.15) is 25.7 Å². The van der Waals surface area contributed by atoms with Gasteiger partial charge in [-0.2, -0.15) is 0 Å². The Balaban J connectivity index is 2.12. The van der Waals surface area contributed by atoms with Crippen molar-refractivity contribution in [1.82, 2.24) is 4.72 Å². The van der Waals surface area contributed by atoms with Crippen molar-refractivity contribution in [2.75, 3.05) is 6.54 Å². The molecular weight excluding hydrogens is 420 g/mol. The molecule has 1 fully saturated rings. The molecule has 2 unspecified atom stereocenters. The molecule has 0 aliphatic heterocycles. The molecule has 1 aliphatic carbocycles. The second-order valence-electron chi connectivity index (χ2n) is 5.18. The van der Waals surface area contributed by atoms with Gasteiger partial charge in [-0.25, -0.2) is 13.1 Å². The first-order valence-corrected chi connectivity index (χ1v) is 10.0. The molecule has 1 aromatic carbocycles. The van der Waals surface area contributed by atoms with Gasteiger partial charge in [-0.3, -0.25) is 0 Å². The molecule has 3 nitrogen and oxygen atoms in total. The fourth-order valence-electron chi connectivity index (χ4n) is 2.50. The minimum absolute atomic E-state index is 0.0766. The Morgan fingerprint density at radius 1 is 1.24 bits per heavy atom. The number of benzene rings is 1. The molecule has 8 heteroatoms. The lowest BCUT2D eigenvalue weighted by molar-refractivity contribution is 0.361. The van der Waals surface area contributed by atoms with Gasteiger partial charge in [-0.05, 0) is 37.3 Å². The summed E-state index contributed by atoms with van der Waals surface area (Å²) >= 11 is 21.4. The summed E-state index contributed by atoms with van der Waals surface area (Å²) in [7, 11) is -3.73. The lowest BCUT2D eigenvalue weighted by atomic mass is 9.89. The molecule has 0 radical (unpaired) electrons. The molecule has 0 saturated heterocycles. The van der Waals surface area contributed by atoms with Crippen LogP contribution >= 0.6 is 50.7 Å². The highest BCUT2D eigenvalue weighted by Crippen LogP contribution is 2.33. The van der Waals surface area contributed by atoms with Crippen LogP contribution in [0.5, 0.6) is 0 Å². The fraction of sp³-hybridized carbons (Fsp3) is 0.538. The average molecular weight is 436 g/mol. The first-order valence-electron chi connectivity index (χ1n) is 6.58. The summed E-state index contributed by atoms with van der Waals surface area (Å²) in [6, 6.07) is 3.02. The van der Waals surface area contributed by atoms with E-state index in [-0.39, 0.29) is 26.2 Å². The quantitative estimate of drug-likeness (QED) is 0.689. The Hall–Kier alpha value is 0.480. The molecular formula is C13H15BrCl3NO2S. The molecule has 2 atom stereocenters. The molecule has 1 aromatic rings. The molecule has 1 N–H and O–H groups in total. The number of sulfonamides is 1. The van der Waals surface area contributed by atoms with Crippen LogP contribution < -0.4 is 4.72 Å². The molecule has 1 aliphatic rings. The lowest BCUT2D eigenvalue weighted by Gasteiger charge is -2.25. The van der Waals surface area contributed by atoms with Crippen molar-refractivity contribution in [3.05, 3.63) is 26.7 Å². The molecule has 0 spiro atoms. The van der Waals surface area contributed by atoms with Gasteiger partial charge < -0.3 is 0 Å². The lowest BCUT2D eigenvalue weighted by Crippen LogP contribution is -2.32. The van der Waals surface area contributed by atoms with Crippen molar-refractivity contribution in [2.45, 2.75) is 36.0 Å². The largest absolute Gasteiger partial charge is 0.243 e. The van der Waals surface area contributed by atoms with Crippen molar-refractivity contribution in [1.29, 1.82) is 0 Å². The van der Waals surface area contributed by atoms with Crippen LogP contribution in [0.4, 0.5) is 0 Å². The first-order chi connectivity index (χ1) is 9.79. The Kier molecular flexibility index (Phi) is 6.25. The smallest absolute Gasteiger partial charge is 0.211 e. The van der Waals surface area contributed by atoms with E-state index in [9.17, 15) is 8.42 Å². The molecule has 118 valence electrons. The minimum atomic E-state index is -3.73. The first kappa shape index (κ1) is 17.8. The van der Waals surface area contributed by atoms with E-state index in [1.807, 2.05) is 0 Å². The number of nitrogens with one attached hydrogen (secondary N) is 1. The van der Waals surface area contributed by atoms with Crippen LogP contribution in [0.15, 0.2) is 21.5 Å². The maximum absolute atomic E-state index is 12.4. The third-order valence-corrected chi connectivity index (χ3v) is 6.71. The number of alkyl halides is 1. The highest BCUT2D eigenvalue weighted by molar-refractivity contribution is 9.10. The van der Waals surface area contributed by atoms with E-state index < -0.39 is 10.0 Å². The van der Waals surface area contributed by atoms with Crippen LogP contribution in [0.2, 0.25) is 10.0 Å². The van der Waals surface area contributed by atoms with E-state index >= 15 is 0 Å². The fourth-order valence-corrected chi connectivity index (χ4v) is 5.95. The summed E-state index contributed by atoms with van der Waals surface area (Å²) < 4.78 is 28.0. The summed E-state index contributed by atoms with van der Waals surface area (Å²) in [5.41, 5.74) is 0. The number of hydrogen-bond donors (Lipinski definition) is 1. The molecule has 21 heavy (non-hydrogen) atoms. The van der Waals surface area contributed by atoms with Crippen LogP contribution in [-0.4, -0.2) is 20.3 Å². The van der Waals surface area contributed by atoms with E-state index in [1.165, 1.54) is 12.1 Å². The Labute approximate surface area is 148 Å². The average Bonchev–Trinajstić information content (AvgIpc) is 2.35. The van der Waals surface area contributed by atoms with E-state index in [0.717, 1.165) is 25.7 Å². The number of halogens is 4. The van der Waals surface area contributed by atoms with Crippen molar-refractivity contribution in [3.8, 4) is 0 Å². The van der Waals surface area contributed by atoms with Gasteiger partial charge in [0.1, 0.15) is 4.90 Å². The van der Waals surface area contributed by atoms with Gasteiger partial charge in [0.15, 0.2) is 0 Å². The van der Waals surface area contributed by atoms with Crippen molar-refractivity contribution >= 4 is 60.8 Å². The summed E-state index contributed by atoms with van der Waals surface area (Å²) in [4.78, 5) is -0.0766. The maximum Gasteiger partial charge on any atom is 0.243 e. The molecule has 1 saturated carbocycles. The second-order valence-corrected chi connectivity index (χ2v) is 9.23. The van der Waals surface area contributed by atoms with Gasteiger partial charge in [0, 0.05) is 16.4 Å². The predicted molar refractivity (Wildman–Crippen MR) is 90.9 cm³/mol. The standard InChI is InChI=1S/C13H15BrCl3NO2S/c14-9-5-11(16)13(12(17)6-9)21(19,20)18-7-8-2-1-3-10(15)4-8/h5-6,8,10,18H,1-4,7H2. The van der Waals surface area contributed by atoms with E-state index in [2.05, 4.69) is 20.7 Å². The zero-order valence-electron chi connectivity index (χ0n) is 11.1. The van der Waals surface area contributed by atoms with Crippen LogP contribution in [0, 0.1) is 5.92 Å². The van der Waals surface area contributed by atoms with Gasteiger partial charge in [0.2, 0.25) is 10.0 Å². The van der Waals surface area contributed by atoms with E-state index in [1.54, 1.807) is 0 Å². The van der Waals surface area contributed by atoms with Crippen LogP contribution in [-0.2, 0) is 10.0 Å². The molecule has 0 bridgehead atoms. The molecule has 0 amide bonds. The van der Waals surface area contributed by atoms with Crippen molar-refractivity contribution in [3.63, 3.8) is 0 Å². The Morgan fingerprint density at radius 2 is 1.86 bits per heavy atom. The monoisotopic (exact) mass is 433 g/mol. The second kappa shape index (κ2) is 7.37. The Morgan fingerprint density at radius 3 is 2.43 bits per heavy atom. The SMILES string of the molecule is O=S(=O)(NCC1CCCC(Cl)C1)c1c(Cl)cc(Br)cc1Cl. The zero-order chi connectivity index (χ0) is 15.6. The summed E-state index contributed by atoms with van der Waals surface area (Å²) in [5.74, 6) is 0.254. The van der Waals surface area contributed by atoms with Crippen LogP contribution in [0.3, 0.4) is 0 Å². The highest BCUT2D eigenvalue weighted by atomic mass is 79.9. The van der Waals surface area contributed by atoms with Gasteiger partial charge in [0.25, 0.3) is 0 Å². The molecule has 0 aromatic heterocycles. The van der Waals surface area contributed by atoms with E-state index in [4.69, 9.17) is 34.8 Å². The van der Waals surface area contributed by atoms with Gasteiger partial charge >= 0.3 is 0 Å². The Bertz CT molecular complexity index is 601. The number of rotatable bonds is 4. The molecule has 2 rings (SSSR count). The topological polar surface area (TPSA) is 46.2 Å². The maximum atomic E-state index is 12.4. The van der Waals surface area contributed by atoms with Crippen molar-refractivity contribution < 1.29 is 8.42 Å². The summed E-state index contributed by atoms with van der Waals surface area (Å²) in [6.07, 6.45) is 3.83. The van der Waals surface area contributed by atoms with Gasteiger partial charge in [-0.15, -0.1) is 11.6 Å². The minimum Gasteiger partial charge on any atom is -0.211 e. The summed E-state index contributed by atoms with van der Waals surface area (Å²) in [5, 5.41) is 0.328. The van der Waals surface area contributed by atoms with E-state index in [0.29, 0.717) is 11.0 Å². The van der Waals surface area contributed by atoms with Crippen molar-refractivity contribution in [2.24, 2.45) is 5.92 Å². The summed E-state index contributed by atoms with van der Waals surface area (Å²) in [6.45, 7) is 0.355. The van der Waals surface area contributed by atoms with Gasteiger partial charge in [0.05, 0.1) is 10.0 Å². The number of hydrogen-bond acceptors (Lipinski definition) is 2. The van der Waals surface area contributed by atoms with Gasteiger partial charge in [-0.1, -0.05) is 45.6 Å². The predicted octanol–water partition coefficient (Wildman–Crippen LogP) is 4.83. The third-order valence-electron chi connectivity index (χ3n) is 3.51.